The maximum atomic E-state index is 14.6. The molecule has 0 radical (unpaired) electrons. The van der Waals surface area contributed by atoms with E-state index in [1.807, 2.05) is 101 Å². The number of likely N-dealkylation sites (tertiary alicyclic amines) is 1. The lowest BCUT2D eigenvalue weighted by Gasteiger charge is -2.35. The standard InChI is InChI=1S/C68H87FN6O15S/c1-44(2)61-60(59(47-11-8-7-9-12-47)62(48-17-19-50(69)20-18-48)74(61)26-25-52(76)37-53(77)39-58(80)81)66(83)72-51-21-23-55(24-22-51)90-36-35-88-34-33-87-32-31-86-30-29-85-27-10-28-89-42-57(79)73-64(68(4,5)6)67(84)75-41-54(78)38-56(75)65(82)70-40-46-13-15-49(16-14-46)63-45(3)71-43-91-63/h7-9,11-24,43-44,52-54,56,64,76-78H,10,25-42H2,1-6H3,(H,70,82)(H,72,83)(H,73,79)(H,80,81)/t52-,53-,54-,56+,64-/m1/s1. The summed E-state index contributed by atoms with van der Waals surface area (Å²) < 4.78 is 50.3. The number of benzene rings is 4. The fraction of sp³-hybridized carbons (Fsp3) is 0.471. The monoisotopic (exact) mass is 1280 g/mol. The zero-order valence-electron chi connectivity index (χ0n) is 52.7. The minimum atomic E-state index is -1.24. The van der Waals surface area contributed by atoms with E-state index in [4.69, 9.17) is 33.5 Å². The number of halogens is 1. The number of thiazole rings is 1. The lowest BCUT2D eigenvalue weighted by molar-refractivity contribution is -0.144. The average Bonchev–Trinajstić information content (AvgIpc) is 1.60. The van der Waals surface area contributed by atoms with Crippen LogP contribution in [0.4, 0.5) is 10.1 Å². The first-order valence-electron chi connectivity index (χ1n) is 30.8. The van der Waals surface area contributed by atoms with E-state index in [0.717, 1.165) is 27.3 Å². The van der Waals surface area contributed by atoms with Crippen molar-refractivity contribution in [1.82, 2.24) is 25.1 Å². The molecule has 0 aliphatic carbocycles. The van der Waals surface area contributed by atoms with Crippen LogP contribution in [0.3, 0.4) is 0 Å². The maximum Gasteiger partial charge on any atom is 0.305 e. The zero-order chi connectivity index (χ0) is 65.5. The third-order valence-electron chi connectivity index (χ3n) is 15.1. The molecule has 21 nitrogen and oxygen atoms in total. The van der Waals surface area contributed by atoms with E-state index in [9.17, 15) is 43.7 Å². The van der Waals surface area contributed by atoms with Crippen LogP contribution in [0.5, 0.6) is 5.75 Å². The van der Waals surface area contributed by atoms with Gasteiger partial charge in [0.1, 0.15) is 36.9 Å². The lowest BCUT2D eigenvalue weighted by atomic mass is 9.85. The number of amides is 4. The highest BCUT2D eigenvalue weighted by Gasteiger charge is 2.44. The summed E-state index contributed by atoms with van der Waals surface area (Å²) in [7, 11) is 0. The zero-order valence-corrected chi connectivity index (χ0v) is 53.5. The normalized spacial score (nSPS) is 15.1. The van der Waals surface area contributed by atoms with Gasteiger partial charge >= 0.3 is 5.97 Å². The number of anilines is 1. The molecule has 1 fully saturated rings. The maximum absolute atomic E-state index is 14.6. The minimum Gasteiger partial charge on any atom is -0.491 e. The van der Waals surface area contributed by atoms with E-state index in [0.29, 0.717) is 98.8 Å². The number of ether oxygens (including phenoxy) is 6. The highest BCUT2D eigenvalue weighted by Crippen LogP contribution is 2.43. The summed E-state index contributed by atoms with van der Waals surface area (Å²) in [6, 6.07) is 28.3. The third-order valence-corrected chi connectivity index (χ3v) is 16.1. The third kappa shape index (κ3) is 21.6. The first kappa shape index (κ1) is 71.0. The molecule has 1 saturated heterocycles. The van der Waals surface area contributed by atoms with E-state index in [-0.39, 0.29) is 76.4 Å². The number of aryl methyl sites for hydroxylation is 1. The number of nitrogens with zero attached hydrogens (tertiary/aromatic N) is 3. The summed E-state index contributed by atoms with van der Waals surface area (Å²) in [4.78, 5) is 73.1. The number of carbonyl (C=O) groups is 5. The van der Waals surface area contributed by atoms with Crippen LogP contribution in [-0.2, 0) is 56.0 Å². The molecule has 7 rings (SSSR count). The Morgan fingerprint density at radius 1 is 0.758 bits per heavy atom. The van der Waals surface area contributed by atoms with Gasteiger partial charge in [0.25, 0.3) is 5.91 Å². The van der Waals surface area contributed by atoms with Crippen molar-refractivity contribution in [3.63, 3.8) is 0 Å². The van der Waals surface area contributed by atoms with Gasteiger partial charge in [-0.25, -0.2) is 9.37 Å². The second-order valence-corrected chi connectivity index (χ2v) is 24.6. The van der Waals surface area contributed by atoms with Crippen molar-refractivity contribution in [2.24, 2.45) is 5.41 Å². The van der Waals surface area contributed by atoms with Crippen LogP contribution in [0, 0.1) is 18.2 Å². The van der Waals surface area contributed by atoms with Gasteiger partial charge in [0.2, 0.25) is 17.7 Å². The number of rotatable bonds is 37. The van der Waals surface area contributed by atoms with E-state index in [1.54, 1.807) is 53.2 Å². The van der Waals surface area contributed by atoms with Crippen molar-refractivity contribution in [3.8, 4) is 38.6 Å². The first-order valence-corrected chi connectivity index (χ1v) is 31.7. The Bertz CT molecular complexity index is 3270. The molecular formula is C68H87FN6O15S. The van der Waals surface area contributed by atoms with Gasteiger partial charge in [-0.2, -0.15) is 0 Å². The average molecular weight is 1280 g/mol. The fourth-order valence-corrected chi connectivity index (χ4v) is 11.5. The van der Waals surface area contributed by atoms with Crippen LogP contribution in [0.2, 0.25) is 0 Å². The number of aromatic nitrogens is 2. The second kappa shape index (κ2) is 35.4. The molecule has 4 amide bonds. The Balaban J connectivity index is 0.747. The van der Waals surface area contributed by atoms with Crippen molar-refractivity contribution >= 4 is 46.6 Å². The lowest BCUT2D eigenvalue weighted by Crippen LogP contribution is -2.58. The summed E-state index contributed by atoms with van der Waals surface area (Å²) in [6.07, 6.45) is -3.06. The molecule has 5 atom stereocenters. The van der Waals surface area contributed by atoms with Gasteiger partial charge in [0.15, 0.2) is 0 Å². The van der Waals surface area contributed by atoms with Crippen molar-refractivity contribution in [1.29, 1.82) is 0 Å². The van der Waals surface area contributed by atoms with E-state index in [2.05, 4.69) is 20.9 Å². The Morgan fingerprint density at radius 3 is 1.98 bits per heavy atom. The van der Waals surface area contributed by atoms with E-state index >= 15 is 0 Å². The van der Waals surface area contributed by atoms with Gasteiger partial charge in [-0.3, -0.25) is 24.0 Å². The van der Waals surface area contributed by atoms with Crippen LogP contribution >= 0.6 is 11.3 Å². The van der Waals surface area contributed by atoms with Crippen molar-refractivity contribution in [2.75, 3.05) is 84.5 Å². The quantitative estimate of drug-likeness (QED) is 0.0180. The number of aliphatic hydroxyl groups excluding tert-OH is 3. The molecule has 4 aromatic carbocycles. The molecule has 0 spiro atoms. The summed E-state index contributed by atoms with van der Waals surface area (Å²) in [5.74, 6) is -2.94. The Kier molecular flexibility index (Phi) is 27.6. The van der Waals surface area contributed by atoms with Gasteiger partial charge in [-0.15, -0.1) is 11.3 Å². The molecule has 23 heteroatoms. The van der Waals surface area contributed by atoms with Crippen LogP contribution in [0.1, 0.15) is 99.9 Å². The number of β-amino-alcohol motifs (C(OH)–C–C–N with tert-alkyl or cyclic N) is 1. The number of aliphatic hydroxyl groups is 3. The molecule has 0 bridgehead atoms. The van der Waals surface area contributed by atoms with Crippen molar-refractivity contribution in [3.05, 3.63) is 137 Å². The number of aliphatic carboxylic acids is 1. The summed E-state index contributed by atoms with van der Waals surface area (Å²) >= 11 is 1.56. The molecule has 1 aliphatic heterocycles. The molecule has 492 valence electrons. The van der Waals surface area contributed by atoms with Crippen molar-refractivity contribution in [2.45, 2.75) is 123 Å². The van der Waals surface area contributed by atoms with Gasteiger partial charge in [-0.05, 0) is 108 Å². The van der Waals surface area contributed by atoms with E-state index < -0.39 is 65.8 Å². The topological polar surface area (TPSA) is 279 Å². The van der Waals surface area contributed by atoms with Crippen LogP contribution in [-0.4, -0.2) is 174 Å². The van der Waals surface area contributed by atoms with E-state index in [1.165, 1.54) is 17.0 Å². The Morgan fingerprint density at radius 2 is 1.37 bits per heavy atom. The predicted octanol–water partition coefficient (Wildman–Crippen LogP) is 8.41. The van der Waals surface area contributed by atoms with Crippen LogP contribution in [0.25, 0.3) is 32.8 Å². The molecule has 7 N–H and O–H groups in total. The Labute approximate surface area is 535 Å². The molecular weight excluding hydrogens is 1190 g/mol. The number of hydrogen-bond donors (Lipinski definition) is 7. The molecule has 3 heterocycles. The van der Waals surface area contributed by atoms with Gasteiger partial charge in [0.05, 0.1) is 98.3 Å². The first-order chi connectivity index (χ1) is 43.7. The van der Waals surface area contributed by atoms with Gasteiger partial charge < -0.3 is 74.3 Å². The summed E-state index contributed by atoms with van der Waals surface area (Å²) in [6.45, 7) is 14.9. The van der Waals surface area contributed by atoms with Gasteiger partial charge in [0, 0.05) is 56.2 Å². The number of hydrogen-bond acceptors (Lipinski definition) is 16. The SMILES string of the molecule is Cc1ncsc1-c1ccc(CNC(=O)[C@@H]2C[C@@H](O)CN2C(=O)[C@@H](NC(=O)COCCCOCCOCCOCCOCCOc2ccc(NC(=O)c3c(-c4ccccc4)c(-c4ccc(F)cc4)n(CC[C@@H](O)C[C@@H](O)CC(=O)O)c3C(C)C)cc2)C(C)(C)C)cc1. The highest BCUT2D eigenvalue weighted by molar-refractivity contribution is 7.13. The summed E-state index contributed by atoms with van der Waals surface area (Å²) in [5.41, 5.74) is 8.23. The second-order valence-electron chi connectivity index (χ2n) is 23.7. The molecule has 1 aliphatic rings. The van der Waals surface area contributed by atoms with Crippen LogP contribution < -0.4 is 20.7 Å². The van der Waals surface area contributed by atoms with Gasteiger partial charge in [-0.1, -0.05) is 89.2 Å². The molecule has 0 saturated carbocycles. The summed E-state index contributed by atoms with van der Waals surface area (Å²) in [5, 5.41) is 49.7. The molecule has 0 unspecified atom stereocenters. The molecule has 6 aromatic rings. The number of carboxylic acid groups (broad SMARTS) is 1. The van der Waals surface area contributed by atoms with Crippen LogP contribution in [0.15, 0.2) is 109 Å². The van der Waals surface area contributed by atoms with Crippen molar-refractivity contribution < 1.29 is 77.2 Å². The molecule has 91 heavy (non-hydrogen) atoms. The number of carbonyl (C=O) groups excluding carboxylic acids is 4. The smallest absolute Gasteiger partial charge is 0.305 e. The molecule has 2 aromatic heterocycles. The largest absolute Gasteiger partial charge is 0.491 e. The minimum absolute atomic E-state index is 0.0294. The Hall–Kier alpha value is -7.45. The number of carboxylic acids is 1. The number of nitrogens with one attached hydrogen (secondary N) is 3. The fourth-order valence-electron chi connectivity index (χ4n) is 10.7. The highest BCUT2D eigenvalue weighted by atomic mass is 32.1. The predicted molar refractivity (Wildman–Crippen MR) is 343 cm³/mol.